The van der Waals surface area contributed by atoms with Gasteiger partial charge in [-0.05, 0) is 47.9 Å². The smallest absolute Gasteiger partial charge is 0.407 e. The topological polar surface area (TPSA) is 105 Å². The second kappa shape index (κ2) is 12.0. The van der Waals surface area contributed by atoms with E-state index in [4.69, 9.17) is 9.84 Å². The number of hydrogen-bond donors (Lipinski definition) is 3. The number of benzene rings is 2. The van der Waals surface area contributed by atoms with Crippen LogP contribution < -0.4 is 10.6 Å². The molecule has 0 bridgehead atoms. The summed E-state index contributed by atoms with van der Waals surface area (Å²) >= 11 is 0. The Kier molecular flexibility index (Phi) is 8.87. The lowest BCUT2D eigenvalue weighted by Gasteiger charge is -2.14. The zero-order chi connectivity index (χ0) is 23.6. The Morgan fingerprint density at radius 3 is 2.15 bits per heavy atom. The van der Waals surface area contributed by atoms with Gasteiger partial charge >= 0.3 is 12.1 Å². The van der Waals surface area contributed by atoms with Crippen molar-refractivity contribution in [3.8, 4) is 11.1 Å². The van der Waals surface area contributed by atoms with Crippen molar-refractivity contribution in [1.29, 1.82) is 0 Å². The van der Waals surface area contributed by atoms with Crippen LogP contribution in [-0.4, -0.2) is 42.8 Å². The number of unbranched alkanes of at least 4 members (excludes halogenated alkanes) is 1. The van der Waals surface area contributed by atoms with Gasteiger partial charge in [-0.2, -0.15) is 0 Å². The summed E-state index contributed by atoms with van der Waals surface area (Å²) < 4.78 is 5.50. The highest BCUT2D eigenvalue weighted by atomic mass is 16.5. The monoisotopic (exact) mass is 452 g/mol. The highest BCUT2D eigenvalue weighted by Gasteiger charge is 2.28. The maximum Gasteiger partial charge on any atom is 0.407 e. The molecule has 1 unspecified atom stereocenters. The van der Waals surface area contributed by atoms with Crippen LogP contribution in [0.15, 0.2) is 48.5 Å². The standard InChI is InChI=1S/C26H32N2O5/c1-18(25(30)31)9-8-16-27-24(29)14-6-7-15-28-26(32)33-17-23-21-12-4-2-10-19(21)20-11-3-5-13-22(20)23/h2-5,10-13,18,23H,6-9,14-17H2,1H3,(H,27,29)(H,28,32)(H,30,31). The molecular weight excluding hydrogens is 420 g/mol. The van der Waals surface area contributed by atoms with Crippen LogP contribution >= 0.6 is 0 Å². The summed E-state index contributed by atoms with van der Waals surface area (Å²) in [4.78, 5) is 34.7. The molecule has 7 nitrogen and oxygen atoms in total. The van der Waals surface area contributed by atoms with E-state index in [1.54, 1.807) is 6.92 Å². The van der Waals surface area contributed by atoms with Crippen molar-refractivity contribution in [3.63, 3.8) is 0 Å². The average Bonchev–Trinajstić information content (AvgIpc) is 3.13. The van der Waals surface area contributed by atoms with E-state index in [1.165, 1.54) is 22.3 Å². The van der Waals surface area contributed by atoms with Crippen molar-refractivity contribution in [1.82, 2.24) is 10.6 Å². The number of nitrogens with one attached hydrogen (secondary N) is 2. The van der Waals surface area contributed by atoms with Gasteiger partial charge in [-0.3, -0.25) is 9.59 Å². The molecular formula is C26H32N2O5. The summed E-state index contributed by atoms with van der Waals surface area (Å²) in [5.41, 5.74) is 4.73. The van der Waals surface area contributed by atoms with Gasteiger partial charge in [0, 0.05) is 25.4 Å². The number of carboxylic acid groups (broad SMARTS) is 1. The van der Waals surface area contributed by atoms with Gasteiger partial charge in [0.05, 0.1) is 5.92 Å². The third kappa shape index (κ3) is 6.81. The fraction of sp³-hybridized carbons (Fsp3) is 0.423. The molecule has 0 spiro atoms. The van der Waals surface area contributed by atoms with Gasteiger partial charge in [0.2, 0.25) is 5.91 Å². The largest absolute Gasteiger partial charge is 0.481 e. The Labute approximate surface area is 194 Å². The predicted octanol–water partition coefficient (Wildman–Crippen LogP) is 4.31. The van der Waals surface area contributed by atoms with E-state index in [2.05, 4.69) is 34.9 Å². The van der Waals surface area contributed by atoms with Crippen molar-refractivity contribution in [2.24, 2.45) is 5.92 Å². The number of carbonyl (C=O) groups excluding carboxylic acids is 2. The molecule has 7 heteroatoms. The van der Waals surface area contributed by atoms with Crippen LogP contribution in [0.25, 0.3) is 11.1 Å². The summed E-state index contributed by atoms with van der Waals surface area (Å²) in [6.07, 6.45) is 2.44. The quantitative estimate of drug-likeness (QED) is 0.416. The fourth-order valence-corrected chi connectivity index (χ4v) is 4.10. The van der Waals surface area contributed by atoms with Gasteiger partial charge in [0.1, 0.15) is 6.61 Å². The average molecular weight is 453 g/mol. The number of fused-ring (bicyclic) bond motifs is 3. The molecule has 0 aliphatic heterocycles. The highest BCUT2D eigenvalue weighted by molar-refractivity contribution is 5.79. The van der Waals surface area contributed by atoms with E-state index in [-0.39, 0.29) is 18.4 Å². The maximum atomic E-state index is 12.1. The van der Waals surface area contributed by atoms with Crippen LogP contribution in [0.1, 0.15) is 56.1 Å². The van der Waals surface area contributed by atoms with E-state index >= 15 is 0 Å². The van der Waals surface area contributed by atoms with Gasteiger partial charge in [-0.1, -0.05) is 55.5 Å². The Balaban J connectivity index is 1.30. The van der Waals surface area contributed by atoms with Crippen LogP contribution in [0.5, 0.6) is 0 Å². The molecule has 0 saturated carbocycles. The van der Waals surface area contributed by atoms with Gasteiger partial charge < -0.3 is 20.5 Å². The number of aliphatic carboxylic acids is 1. The molecule has 0 radical (unpaired) electrons. The minimum atomic E-state index is -0.815. The van der Waals surface area contributed by atoms with Gasteiger partial charge in [0.15, 0.2) is 0 Å². The van der Waals surface area contributed by atoms with Crippen LogP contribution in [-0.2, 0) is 14.3 Å². The number of ether oxygens (including phenoxy) is 1. The van der Waals surface area contributed by atoms with E-state index in [1.807, 2.05) is 24.3 Å². The van der Waals surface area contributed by atoms with Crippen LogP contribution in [0.3, 0.4) is 0 Å². The second-order valence-corrected chi connectivity index (χ2v) is 8.44. The molecule has 1 aliphatic carbocycles. The van der Waals surface area contributed by atoms with Crippen molar-refractivity contribution < 1.29 is 24.2 Å². The lowest BCUT2D eigenvalue weighted by molar-refractivity contribution is -0.141. The predicted molar refractivity (Wildman–Crippen MR) is 126 cm³/mol. The Morgan fingerprint density at radius 1 is 0.909 bits per heavy atom. The third-order valence-electron chi connectivity index (χ3n) is 6.00. The zero-order valence-electron chi connectivity index (χ0n) is 19.0. The summed E-state index contributed by atoms with van der Waals surface area (Å²) in [6.45, 7) is 2.87. The number of rotatable bonds is 12. The minimum absolute atomic E-state index is 0.0327. The first-order valence-corrected chi connectivity index (χ1v) is 11.6. The molecule has 1 atom stereocenters. The minimum Gasteiger partial charge on any atom is -0.481 e. The van der Waals surface area contributed by atoms with Gasteiger partial charge in [0.25, 0.3) is 0 Å². The number of alkyl carbamates (subject to hydrolysis) is 1. The summed E-state index contributed by atoms with van der Waals surface area (Å²) in [5, 5.41) is 14.4. The Hall–Kier alpha value is -3.35. The van der Waals surface area contributed by atoms with Crippen molar-refractivity contribution in [3.05, 3.63) is 59.7 Å². The molecule has 176 valence electrons. The Bertz CT molecular complexity index is 929. The molecule has 33 heavy (non-hydrogen) atoms. The Morgan fingerprint density at radius 2 is 1.52 bits per heavy atom. The third-order valence-corrected chi connectivity index (χ3v) is 6.00. The van der Waals surface area contributed by atoms with Crippen LogP contribution in [0, 0.1) is 5.92 Å². The molecule has 0 saturated heterocycles. The molecule has 0 heterocycles. The van der Waals surface area contributed by atoms with E-state index in [0.717, 1.165) is 0 Å². The van der Waals surface area contributed by atoms with E-state index in [0.29, 0.717) is 45.2 Å². The maximum absolute atomic E-state index is 12.1. The van der Waals surface area contributed by atoms with Crippen LogP contribution in [0.4, 0.5) is 4.79 Å². The first kappa shape index (κ1) is 24.3. The summed E-state index contributed by atoms with van der Waals surface area (Å²) in [5.74, 6) is -1.24. The summed E-state index contributed by atoms with van der Waals surface area (Å²) in [6, 6.07) is 16.4. The number of carbonyl (C=O) groups is 3. The van der Waals surface area contributed by atoms with Crippen molar-refractivity contribution in [2.45, 2.75) is 44.9 Å². The van der Waals surface area contributed by atoms with Crippen LogP contribution in [0.2, 0.25) is 0 Å². The molecule has 2 aromatic carbocycles. The molecule has 2 amide bonds. The number of hydrogen-bond acceptors (Lipinski definition) is 4. The normalized spacial score (nSPS) is 13.0. The van der Waals surface area contributed by atoms with E-state index in [9.17, 15) is 14.4 Å². The number of carboxylic acids is 1. The van der Waals surface area contributed by atoms with Gasteiger partial charge in [-0.15, -0.1) is 0 Å². The van der Waals surface area contributed by atoms with Crippen molar-refractivity contribution in [2.75, 3.05) is 19.7 Å². The van der Waals surface area contributed by atoms with E-state index < -0.39 is 18.0 Å². The summed E-state index contributed by atoms with van der Waals surface area (Å²) in [7, 11) is 0. The highest BCUT2D eigenvalue weighted by Crippen LogP contribution is 2.44. The first-order valence-electron chi connectivity index (χ1n) is 11.6. The molecule has 3 N–H and O–H groups in total. The molecule has 0 fully saturated rings. The SMILES string of the molecule is CC(CCCNC(=O)CCCCNC(=O)OCC1c2ccccc2-c2ccccc21)C(=O)O. The van der Waals surface area contributed by atoms with Gasteiger partial charge in [-0.25, -0.2) is 4.79 Å². The lowest BCUT2D eigenvalue weighted by atomic mass is 9.98. The number of amides is 2. The molecule has 3 rings (SSSR count). The molecule has 0 aromatic heterocycles. The molecule has 2 aromatic rings. The fourth-order valence-electron chi connectivity index (χ4n) is 4.10. The molecule has 1 aliphatic rings. The first-order chi connectivity index (χ1) is 16.0. The second-order valence-electron chi connectivity index (χ2n) is 8.44. The zero-order valence-corrected chi connectivity index (χ0v) is 19.0. The lowest BCUT2D eigenvalue weighted by Crippen LogP contribution is -2.28. The van der Waals surface area contributed by atoms with Crippen molar-refractivity contribution >= 4 is 18.0 Å².